The van der Waals surface area contributed by atoms with Crippen molar-refractivity contribution in [3.8, 4) is 0 Å². The van der Waals surface area contributed by atoms with E-state index in [1.807, 2.05) is 0 Å². The molecular weight excluding hydrogens is 218 g/mol. The Hall–Kier alpha value is -1.58. The van der Waals surface area contributed by atoms with Crippen LogP contribution in [0.1, 0.15) is 25.7 Å². The summed E-state index contributed by atoms with van der Waals surface area (Å²) in [5.41, 5.74) is 0. The number of carbonyl (C=O) groups excluding carboxylic acids is 1. The first-order chi connectivity index (χ1) is 8.15. The molecule has 4 nitrogen and oxygen atoms in total. The van der Waals surface area contributed by atoms with Crippen molar-refractivity contribution in [2.24, 2.45) is 11.8 Å². The lowest BCUT2D eigenvalue weighted by molar-refractivity contribution is -0.140. The molecule has 0 aromatic carbocycles. The number of hydrogen-bond acceptors (Lipinski definition) is 2. The molecule has 0 aromatic heterocycles. The summed E-state index contributed by atoms with van der Waals surface area (Å²) in [6.07, 6.45) is 10.7. The van der Waals surface area contributed by atoms with E-state index < -0.39 is 11.9 Å². The van der Waals surface area contributed by atoms with Crippen LogP contribution in [0.4, 0.5) is 0 Å². The summed E-state index contributed by atoms with van der Waals surface area (Å²) in [6.45, 7) is 0. The number of carbonyl (C=O) groups is 2. The molecule has 3 unspecified atom stereocenters. The van der Waals surface area contributed by atoms with Crippen LogP contribution in [0.25, 0.3) is 0 Å². The van der Waals surface area contributed by atoms with Gasteiger partial charge < -0.3 is 10.4 Å². The van der Waals surface area contributed by atoms with Gasteiger partial charge in [0.2, 0.25) is 5.91 Å². The highest BCUT2D eigenvalue weighted by Crippen LogP contribution is 2.21. The van der Waals surface area contributed by atoms with Crippen LogP contribution in [0, 0.1) is 11.8 Å². The van der Waals surface area contributed by atoms with Gasteiger partial charge in [-0.15, -0.1) is 0 Å². The van der Waals surface area contributed by atoms with Crippen molar-refractivity contribution in [3.05, 3.63) is 24.3 Å². The van der Waals surface area contributed by atoms with E-state index in [0.717, 1.165) is 12.8 Å². The number of rotatable bonds is 4. The average molecular weight is 235 g/mol. The summed E-state index contributed by atoms with van der Waals surface area (Å²) in [5, 5.41) is 11.7. The molecule has 0 aromatic rings. The second kappa shape index (κ2) is 5.17. The van der Waals surface area contributed by atoms with E-state index in [4.69, 9.17) is 5.11 Å². The van der Waals surface area contributed by atoms with E-state index in [9.17, 15) is 9.59 Å². The molecule has 92 valence electrons. The zero-order chi connectivity index (χ0) is 12.3. The molecule has 3 atom stereocenters. The third-order valence-corrected chi connectivity index (χ3v) is 3.31. The molecule has 17 heavy (non-hydrogen) atoms. The van der Waals surface area contributed by atoms with Gasteiger partial charge in [-0.25, -0.2) is 0 Å². The third kappa shape index (κ3) is 3.19. The van der Waals surface area contributed by atoms with Crippen LogP contribution in [-0.4, -0.2) is 23.0 Å². The molecule has 2 aliphatic rings. The van der Waals surface area contributed by atoms with Crippen molar-refractivity contribution in [2.75, 3.05) is 0 Å². The minimum absolute atomic E-state index is 0.0160. The highest BCUT2D eigenvalue weighted by atomic mass is 16.4. The van der Waals surface area contributed by atoms with Crippen molar-refractivity contribution < 1.29 is 14.7 Å². The van der Waals surface area contributed by atoms with E-state index >= 15 is 0 Å². The molecule has 4 heteroatoms. The normalized spacial score (nSPS) is 30.7. The monoisotopic (exact) mass is 235 g/mol. The predicted octanol–water partition coefficient (Wildman–Crippen LogP) is 1.49. The summed E-state index contributed by atoms with van der Waals surface area (Å²) < 4.78 is 0. The van der Waals surface area contributed by atoms with Gasteiger partial charge in [-0.05, 0) is 25.2 Å². The summed E-state index contributed by atoms with van der Waals surface area (Å²) in [4.78, 5) is 22.4. The Morgan fingerprint density at radius 2 is 2.12 bits per heavy atom. The van der Waals surface area contributed by atoms with Crippen LogP contribution in [0.2, 0.25) is 0 Å². The molecule has 0 heterocycles. The molecule has 0 aliphatic heterocycles. The zero-order valence-electron chi connectivity index (χ0n) is 9.63. The van der Waals surface area contributed by atoms with Crippen molar-refractivity contribution in [1.29, 1.82) is 0 Å². The fourth-order valence-electron chi connectivity index (χ4n) is 2.36. The Kier molecular flexibility index (Phi) is 3.61. The van der Waals surface area contributed by atoms with Gasteiger partial charge in [-0.1, -0.05) is 24.3 Å². The average Bonchev–Trinajstić information content (AvgIpc) is 2.88. The SMILES string of the molecule is O=C(CC1C=CCC1)NC1C=CC(C(=O)O)C1. The van der Waals surface area contributed by atoms with Crippen LogP contribution >= 0.6 is 0 Å². The second-order valence-corrected chi connectivity index (χ2v) is 4.71. The standard InChI is InChI=1S/C13H17NO3/c15-12(7-9-3-1-2-4-9)14-11-6-5-10(8-11)13(16)17/h1,3,5-6,9-11H,2,4,7-8H2,(H,14,15)(H,16,17). The van der Waals surface area contributed by atoms with Gasteiger partial charge in [0.15, 0.2) is 0 Å². The van der Waals surface area contributed by atoms with Crippen molar-refractivity contribution >= 4 is 11.9 Å². The Bertz CT molecular complexity index is 373. The van der Waals surface area contributed by atoms with Gasteiger partial charge >= 0.3 is 5.97 Å². The zero-order valence-corrected chi connectivity index (χ0v) is 9.63. The second-order valence-electron chi connectivity index (χ2n) is 4.71. The molecule has 1 amide bonds. The number of amides is 1. The number of carboxylic acid groups (broad SMARTS) is 1. The van der Waals surface area contributed by atoms with Crippen LogP contribution in [0.3, 0.4) is 0 Å². The van der Waals surface area contributed by atoms with E-state index in [2.05, 4.69) is 17.5 Å². The molecule has 2 rings (SSSR count). The highest BCUT2D eigenvalue weighted by Gasteiger charge is 2.25. The van der Waals surface area contributed by atoms with Crippen molar-refractivity contribution in [2.45, 2.75) is 31.7 Å². The van der Waals surface area contributed by atoms with E-state index in [0.29, 0.717) is 18.8 Å². The first-order valence-corrected chi connectivity index (χ1v) is 6.02. The molecule has 2 N–H and O–H groups in total. The minimum atomic E-state index is -0.822. The maximum atomic E-state index is 11.7. The van der Waals surface area contributed by atoms with E-state index in [1.165, 1.54) is 0 Å². The first-order valence-electron chi connectivity index (χ1n) is 6.02. The number of nitrogens with one attached hydrogen (secondary N) is 1. The topological polar surface area (TPSA) is 66.4 Å². The van der Waals surface area contributed by atoms with Gasteiger partial charge in [-0.2, -0.15) is 0 Å². The van der Waals surface area contributed by atoms with Crippen LogP contribution in [-0.2, 0) is 9.59 Å². The smallest absolute Gasteiger partial charge is 0.310 e. The number of aliphatic carboxylic acids is 1. The Morgan fingerprint density at radius 3 is 2.71 bits per heavy atom. The number of carboxylic acids is 1. The Balaban J connectivity index is 1.74. The largest absolute Gasteiger partial charge is 0.481 e. The summed E-state index contributed by atoms with van der Waals surface area (Å²) in [7, 11) is 0. The van der Waals surface area contributed by atoms with Gasteiger partial charge in [0.05, 0.1) is 5.92 Å². The molecule has 0 saturated heterocycles. The van der Waals surface area contributed by atoms with Crippen LogP contribution in [0.5, 0.6) is 0 Å². The van der Waals surface area contributed by atoms with Crippen LogP contribution < -0.4 is 5.32 Å². The maximum Gasteiger partial charge on any atom is 0.310 e. The number of hydrogen-bond donors (Lipinski definition) is 2. The lowest BCUT2D eigenvalue weighted by Gasteiger charge is -2.13. The van der Waals surface area contributed by atoms with Gasteiger partial charge in [-0.3, -0.25) is 9.59 Å². The Morgan fingerprint density at radius 1 is 1.29 bits per heavy atom. The molecular formula is C13H17NO3. The van der Waals surface area contributed by atoms with E-state index in [1.54, 1.807) is 12.2 Å². The number of allylic oxidation sites excluding steroid dienone is 2. The lowest BCUT2D eigenvalue weighted by atomic mass is 10.0. The third-order valence-electron chi connectivity index (χ3n) is 3.31. The molecule has 0 bridgehead atoms. The molecule has 0 radical (unpaired) electrons. The fourth-order valence-corrected chi connectivity index (χ4v) is 2.36. The van der Waals surface area contributed by atoms with Crippen molar-refractivity contribution in [1.82, 2.24) is 5.32 Å². The lowest BCUT2D eigenvalue weighted by Crippen LogP contribution is -2.34. The molecule has 0 spiro atoms. The molecule has 0 fully saturated rings. The summed E-state index contributed by atoms with van der Waals surface area (Å²) in [6, 6.07) is -0.117. The van der Waals surface area contributed by atoms with Gasteiger partial charge in [0, 0.05) is 12.5 Å². The minimum Gasteiger partial charge on any atom is -0.481 e. The van der Waals surface area contributed by atoms with Crippen LogP contribution in [0.15, 0.2) is 24.3 Å². The van der Waals surface area contributed by atoms with Gasteiger partial charge in [0.25, 0.3) is 0 Å². The maximum absolute atomic E-state index is 11.7. The quantitative estimate of drug-likeness (QED) is 0.725. The first kappa shape index (κ1) is 11.9. The summed E-state index contributed by atoms with van der Waals surface area (Å²) in [5.74, 6) is -0.902. The molecule has 0 saturated carbocycles. The van der Waals surface area contributed by atoms with Crippen molar-refractivity contribution in [3.63, 3.8) is 0 Å². The summed E-state index contributed by atoms with van der Waals surface area (Å²) >= 11 is 0. The highest BCUT2D eigenvalue weighted by molar-refractivity contribution is 5.78. The molecule has 2 aliphatic carbocycles. The Labute approximate surface area is 100 Å². The van der Waals surface area contributed by atoms with E-state index in [-0.39, 0.29) is 11.9 Å². The fraction of sp³-hybridized carbons (Fsp3) is 0.538. The predicted molar refractivity (Wildman–Crippen MR) is 63.3 cm³/mol. The van der Waals surface area contributed by atoms with Gasteiger partial charge in [0.1, 0.15) is 0 Å².